The van der Waals surface area contributed by atoms with Crippen molar-refractivity contribution in [2.75, 3.05) is 19.6 Å². The first-order valence-corrected chi connectivity index (χ1v) is 12.3. The van der Waals surface area contributed by atoms with Gasteiger partial charge in [0.25, 0.3) is 5.91 Å². The molecule has 33 heavy (non-hydrogen) atoms. The first kappa shape index (κ1) is 24.8. The van der Waals surface area contributed by atoms with E-state index in [0.717, 1.165) is 36.0 Å². The van der Waals surface area contributed by atoms with Crippen LogP contribution in [0.15, 0.2) is 69.9 Å². The van der Waals surface area contributed by atoms with Crippen LogP contribution in [0.2, 0.25) is 0 Å². The zero-order valence-electron chi connectivity index (χ0n) is 19.4. The maximum atomic E-state index is 13.3. The molecule has 0 saturated carbocycles. The molecule has 2 amide bonds. The first-order valence-electron chi connectivity index (χ1n) is 11.5. The summed E-state index contributed by atoms with van der Waals surface area (Å²) in [5.41, 5.74) is 2.27. The molecular weight excluding hydrogens is 482 g/mol. The molecule has 2 heterocycles. The summed E-state index contributed by atoms with van der Waals surface area (Å²) in [4.78, 5) is 29.6. The molecule has 0 spiro atoms. The molecule has 1 aromatic carbocycles. The van der Waals surface area contributed by atoms with Gasteiger partial charge in [-0.15, -0.1) is 0 Å². The highest BCUT2D eigenvalue weighted by molar-refractivity contribution is 9.10. The minimum absolute atomic E-state index is 0.0461. The molecule has 3 rings (SSSR count). The maximum Gasteiger partial charge on any atom is 0.290 e. The lowest BCUT2D eigenvalue weighted by molar-refractivity contribution is -0.132. The normalized spacial score (nSPS) is 10.9. The third-order valence-corrected chi connectivity index (χ3v) is 6.04. The van der Waals surface area contributed by atoms with Gasteiger partial charge in [-0.25, -0.2) is 0 Å². The van der Waals surface area contributed by atoms with Gasteiger partial charge in [0.05, 0.1) is 12.8 Å². The fourth-order valence-corrected chi connectivity index (χ4v) is 3.98. The summed E-state index contributed by atoms with van der Waals surface area (Å²) in [6.07, 6.45) is 6.20. The Hall–Kier alpha value is -2.80. The fraction of sp³-hybridized carbons (Fsp3) is 0.385. The highest BCUT2D eigenvalue weighted by Gasteiger charge is 2.23. The van der Waals surface area contributed by atoms with E-state index < -0.39 is 0 Å². The largest absolute Gasteiger partial charge is 0.459 e. The fourth-order valence-electron chi connectivity index (χ4n) is 3.71. The number of unbranched alkanes of at least 4 members (excludes halogenated alkanes) is 1. The van der Waals surface area contributed by atoms with Crippen LogP contribution in [-0.4, -0.2) is 45.8 Å². The Labute approximate surface area is 204 Å². The number of aromatic nitrogens is 1. The van der Waals surface area contributed by atoms with Crippen molar-refractivity contribution in [2.45, 2.75) is 46.2 Å². The molecule has 3 aromatic rings. The van der Waals surface area contributed by atoms with Crippen LogP contribution in [0.3, 0.4) is 0 Å². The monoisotopic (exact) mass is 513 g/mol. The van der Waals surface area contributed by atoms with Crippen molar-refractivity contribution in [1.82, 2.24) is 14.4 Å². The smallest absolute Gasteiger partial charge is 0.290 e. The summed E-state index contributed by atoms with van der Waals surface area (Å²) < 4.78 is 8.50. The van der Waals surface area contributed by atoms with E-state index in [2.05, 4.69) is 45.6 Å². The number of amides is 2. The second-order valence-corrected chi connectivity index (χ2v) is 9.04. The van der Waals surface area contributed by atoms with Gasteiger partial charge in [-0.1, -0.05) is 48.3 Å². The zero-order chi connectivity index (χ0) is 23.6. The van der Waals surface area contributed by atoms with E-state index in [1.54, 1.807) is 17.0 Å². The van der Waals surface area contributed by atoms with Crippen LogP contribution in [0.4, 0.5) is 0 Å². The Balaban J connectivity index is 1.72. The van der Waals surface area contributed by atoms with Gasteiger partial charge < -0.3 is 18.8 Å². The SMILES string of the molecule is CCCCN(Cc1cccn1Cc1ccc(Br)cc1)C(=O)CN(CCC)C(=O)c1ccco1. The van der Waals surface area contributed by atoms with Crippen molar-refractivity contribution in [3.8, 4) is 0 Å². The van der Waals surface area contributed by atoms with Crippen LogP contribution in [0, 0.1) is 0 Å². The van der Waals surface area contributed by atoms with E-state index in [0.29, 0.717) is 19.6 Å². The molecule has 176 valence electrons. The van der Waals surface area contributed by atoms with Crippen LogP contribution in [0.1, 0.15) is 54.9 Å². The molecule has 0 aliphatic heterocycles. The topological polar surface area (TPSA) is 58.7 Å². The quantitative estimate of drug-likeness (QED) is 0.318. The van der Waals surface area contributed by atoms with Gasteiger partial charge >= 0.3 is 0 Å². The van der Waals surface area contributed by atoms with Gasteiger partial charge in [0, 0.05) is 36.0 Å². The molecule has 0 saturated heterocycles. The molecule has 0 bridgehead atoms. The Morgan fingerprint density at radius 2 is 1.76 bits per heavy atom. The van der Waals surface area contributed by atoms with Crippen molar-refractivity contribution in [3.63, 3.8) is 0 Å². The van der Waals surface area contributed by atoms with Crippen molar-refractivity contribution in [3.05, 3.63) is 82.5 Å². The minimum Gasteiger partial charge on any atom is -0.459 e. The number of nitrogens with zero attached hydrogens (tertiary/aromatic N) is 3. The molecular formula is C26H32BrN3O3. The number of halogens is 1. The third kappa shape index (κ3) is 7.09. The van der Waals surface area contributed by atoms with Crippen LogP contribution >= 0.6 is 15.9 Å². The molecule has 0 fully saturated rings. The van der Waals surface area contributed by atoms with E-state index >= 15 is 0 Å². The maximum absolute atomic E-state index is 13.3. The van der Waals surface area contributed by atoms with Crippen molar-refractivity contribution in [2.24, 2.45) is 0 Å². The van der Waals surface area contributed by atoms with Gasteiger partial charge in [0.15, 0.2) is 5.76 Å². The third-order valence-electron chi connectivity index (χ3n) is 5.52. The number of rotatable bonds is 12. The zero-order valence-corrected chi connectivity index (χ0v) is 21.0. The summed E-state index contributed by atoms with van der Waals surface area (Å²) in [5, 5.41) is 0. The van der Waals surface area contributed by atoms with Gasteiger partial charge in [-0.05, 0) is 54.8 Å². The Morgan fingerprint density at radius 1 is 0.970 bits per heavy atom. The van der Waals surface area contributed by atoms with E-state index in [4.69, 9.17) is 4.42 Å². The highest BCUT2D eigenvalue weighted by atomic mass is 79.9. The molecule has 0 radical (unpaired) electrons. The molecule has 6 nitrogen and oxygen atoms in total. The van der Waals surface area contributed by atoms with Crippen LogP contribution < -0.4 is 0 Å². The summed E-state index contributed by atoms with van der Waals surface area (Å²) in [7, 11) is 0. The van der Waals surface area contributed by atoms with Crippen LogP contribution in [0.25, 0.3) is 0 Å². The van der Waals surface area contributed by atoms with Crippen molar-refractivity contribution in [1.29, 1.82) is 0 Å². The van der Waals surface area contributed by atoms with Crippen LogP contribution in [0.5, 0.6) is 0 Å². The number of carbonyl (C=O) groups is 2. The average molecular weight is 514 g/mol. The Morgan fingerprint density at radius 3 is 2.42 bits per heavy atom. The predicted molar refractivity (Wildman–Crippen MR) is 133 cm³/mol. The van der Waals surface area contributed by atoms with Crippen LogP contribution in [-0.2, 0) is 17.9 Å². The van der Waals surface area contributed by atoms with E-state index in [-0.39, 0.29) is 24.1 Å². The number of carbonyl (C=O) groups excluding carboxylic acids is 2. The summed E-state index contributed by atoms with van der Waals surface area (Å²) in [6, 6.07) is 15.7. The van der Waals surface area contributed by atoms with E-state index in [9.17, 15) is 9.59 Å². The average Bonchev–Trinajstić information content (AvgIpc) is 3.50. The number of benzene rings is 1. The summed E-state index contributed by atoms with van der Waals surface area (Å²) in [5.74, 6) is -0.0304. The summed E-state index contributed by atoms with van der Waals surface area (Å²) >= 11 is 3.48. The first-order chi connectivity index (χ1) is 16.0. The van der Waals surface area contributed by atoms with Gasteiger partial charge in [0.1, 0.15) is 6.54 Å². The molecule has 2 aromatic heterocycles. The molecule has 0 atom stereocenters. The minimum atomic E-state index is -0.246. The standard InChI is InChI=1S/C26H32BrN3O3/c1-3-5-15-29(25(31)20-30(14-4-2)26(32)24-9-7-17-33-24)19-23-8-6-16-28(23)18-21-10-12-22(27)13-11-21/h6-13,16-17H,3-5,14-15,18-20H2,1-2H3. The van der Waals surface area contributed by atoms with E-state index in [1.807, 2.05) is 36.2 Å². The Kier molecular flexibility index (Phi) is 9.36. The highest BCUT2D eigenvalue weighted by Crippen LogP contribution is 2.15. The molecule has 0 unspecified atom stereocenters. The molecule has 7 heteroatoms. The van der Waals surface area contributed by atoms with E-state index in [1.165, 1.54) is 11.8 Å². The molecule has 0 aliphatic carbocycles. The number of hydrogen-bond acceptors (Lipinski definition) is 3. The van der Waals surface area contributed by atoms with Gasteiger partial charge in [-0.3, -0.25) is 9.59 Å². The Bertz CT molecular complexity index is 1010. The molecule has 0 N–H and O–H groups in total. The molecule has 0 aliphatic rings. The second kappa shape index (κ2) is 12.4. The predicted octanol–water partition coefficient (Wildman–Crippen LogP) is 5.57. The lowest BCUT2D eigenvalue weighted by atomic mass is 10.2. The summed E-state index contributed by atoms with van der Waals surface area (Å²) in [6.45, 7) is 6.58. The lowest BCUT2D eigenvalue weighted by Crippen LogP contribution is -2.43. The number of furan rings is 1. The second-order valence-electron chi connectivity index (χ2n) is 8.13. The lowest BCUT2D eigenvalue weighted by Gasteiger charge is -2.27. The number of hydrogen-bond donors (Lipinski definition) is 0. The van der Waals surface area contributed by atoms with Crippen molar-refractivity contribution < 1.29 is 14.0 Å². The van der Waals surface area contributed by atoms with Gasteiger partial charge in [0.2, 0.25) is 5.91 Å². The van der Waals surface area contributed by atoms with Gasteiger partial charge in [-0.2, -0.15) is 0 Å². The van der Waals surface area contributed by atoms with Crippen molar-refractivity contribution >= 4 is 27.7 Å².